The fourth-order valence-electron chi connectivity index (χ4n) is 10.4. The van der Waals surface area contributed by atoms with E-state index in [0.717, 1.165) is 103 Å². The van der Waals surface area contributed by atoms with E-state index < -0.39 is 0 Å². The van der Waals surface area contributed by atoms with E-state index >= 15 is 0 Å². The third kappa shape index (κ3) is 16.2. The van der Waals surface area contributed by atoms with Crippen LogP contribution in [-0.2, 0) is 11.3 Å². The topological polar surface area (TPSA) is 239 Å². The van der Waals surface area contributed by atoms with Crippen molar-refractivity contribution in [1.29, 1.82) is 0 Å². The molecule has 2 aliphatic rings. The molecule has 0 aliphatic carbocycles. The SMILES string of the molecule is Cc1ccc(-n2ncc3c(Cl)nc(Cl)nc32)cc1.Cc1ccc(-n2ncc3c(NCc4cccnc4)nc(Cl)nc32)cc1.Clc1ccc(-n2ncc3c(NCCN4CCCC4)nc(Cl)nc32)cc1.Clc1ccc(-n2ncc3c(NCCN4CCOCC4)nc(Cl)nc32)cc1. The van der Waals surface area contributed by atoms with Gasteiger partial charge in [-0.1, -0.05) is 76.3 Å². The second-order valence-electron chi connectivity index (χ2n) is 21.7. The van der Waals surface area contributed by atoms with E-state index in [1.807, 2.05) is 129 Å². The number of hydrogen-bond donors (Lipinski definition) is 3. The van der Waals surface area contributed by atoms with E-state index in [1.54, 1.807) is 49.7 Å². The van der Waals surface area contributed by atoms with Crippen molar-refractivity contribution in [3.8, 4) is 22.7 Å². The zero-order chi connectivity index (χ0) is 65.1. The summed E-state index contributed by atoms with van der Waals surface area (Å²) in [5.41, 5.74) is 9.57. The summed E-state index contributed by atoms with van der Waals surface area (Å²) in [7, 11) is 0. The van der Waals surface area contributed by atoms with Crippen LogP contribution in [-0.4, -0.2) is 159 Å². The number of nitrogens with one attached hydrogen (secondary N) is 3. The van der Waals surface area contributed by atoms with Crippen molar-refractivity contribution in [3.05, 3.63) is 199 Å². The first-order valence-electron chi connectivity index (χ1n) is 29.9. The van der Waals surface area contributed by atoms with Gasteiger partial charge in [0.2, 0.25) is 21.1 Å². The van der Waals surface area contributed by atoms with Crippen LogP contribution in [0.1, 0.15) is 29.5 Å². The highest BCUT2D eigenvalue weighted by molar-refractivity contribution is 6.35. The first-order valence-corrected chi connectivity index (χ1v) is 32.5. The van der Waals surface area contributed by atoms with Crippen molar-refractivity contribution < 1.29 is 4.74 Å². The molecule has 2 saturated heterocycles. The predicted octanol–water partition coefficient (Wildman–Crippen LogP) is 13.7. The second kappa shape index (κ2) is 30.7. The van der Waals surface area contributed by atoms with Gasteiger partial charge in [-0.3, -0.25) is 9.88 Å². The van der Waals surface area contributed by atoms with Crippen molar-refractivity contribution in [2.24, 2.45) is 0 Å². The monoisotopic (exact) mass is 1400 g/mol. The maximum atomic E-state index is 6.14. The molecule has 0 bridgehead atoms. The Morgan fingerprint density at radius 2 is 0.777 bits per heavy atom. The summed E-state index contributed by atoms with van der Waals surface area (Å²) < 4.78 is 12.3. The Morgan fingerprint density at radius 3 is 1.19 bits per heavy atom. The van der Waals surface area contributed by atoms with Crippen LogP contribution >= 0.6 is 81.2 Å². The molecule has 2 aliphatic heterocycles. The molecular weight excluding hydrogens is 1340 g/mol. The summed E-state index contributed by atoms with van der Waals surface area (Å²) in [6, 6.07) is 34.7. The van der Waals surface area contributed by atoms with Crippen LogP contribution in [0.25, 0.3) is 66.9 Å². The molecular formula is C64H59Cl7N22O. The molecule has 0 saturated carbocycles. The molecule has 2 fully saturated rings. The van der Waals surface area contributed by atoms with Crippen LogP contribution < -0.4 is 16.0 Å². The average Bonchev–Trinajstić information content (AvgIpc) is 1.65. The number of aromatic nitrogens is 17. The summed E-state index contributed by atoms with van der Waals surface area (Å²) in [6.45, 7) is 14.0. The Morgan fingerprint density at radius 1 is 0.404 bits per heavy atom. The zero-order valence-corrected chi connectivity index (χ0v) is 55.9. The van der Waals surface area contributed by atoms with Gasteiger partial charge in [0, 0.05) is 68.3 Å². The number of halogens is 7. The Kier molecular flexibility index (Phi) is 21.5. The summed E-state index contributed by atoms with van der Waals surface area (Å²) in [4.78, 5) is 43.0. The van der Waals surface area contributed by atoms with Gasteiger partial charge in [-0.25, -0.2) is 23.7 Å². The van der Waals surface area contributed by atoms with Crippen molar-refractivity contribution in [2.75, 3.05) is 81.5 Å². The number of hydrogen-bond acceptors (Lipinski definition) is 19. The van der Waals surface area contributed by atoms with Gasteiger partial charge in [0.15, 0.2) is 22.6 Å². The van der Waals surface area contributed by atoms with Crippen LogP contribution in [0, 0.1) is 13.8 Å². The second-order valence-corrected chi connectivity index (χ2v) is 24.3. The van der Waals surface area contributed by atoms with Crippen LogP contribution in [0.15, 0.2) is 146 Å². The number of morpholine rings is 1. The van der Waals surface area contributed by atoms with Gasteiger partial charge in [0.1, 0.15) is 22.6 Å². The molecule has 11 heterocycles. The quantitative estimate of drug-likeness (QED) is 0.0638. The van der Waals surface area contributed by atoms with Crippen LogP contribution in [0.2, 0.25) is 36.3 Å². The number of aryl methyl sites for hydroxylation is 2. The van der Waals surface area contributed by atoms with Crippen LogP contribution in [0.5, 0.6) is 0 Å². The minimum absolute atomic E-state index is 0.112. The number of fused-ring (bicyclic) bond motifs is 4. The fraction of sp³-hybridized carbons (Fsp3) is 0.234. The molecule has 15 rings (SSSR count). The van der Waals surface area contributed by atoms with E-state index in [4.69, 9.17) is 85.9 Å². The summed E-state index contributed by atoms with van der Waals surface area (Å²) >= 11 is 42.2. The van der Waals surface area contributed by atoms with Gasteiger partial charge in [-0.15, -0.1) is 0 Å². The van der Waals surface area contributed by atoms with E-state index in [2.05, 4.69) is 91.0 Å². The molecule has 0 spiro atoms. The smallest absolute Gasteiger partial charge is 0.226 e. The molecule has 4 aromatic carbocycles. The minimum atomic E-state index is 0.112. The largest absolute Gasteiger partial charge is 0.379 e. The molecule has 0 atom stereocenters. The standard InChI is InChI=1S/C18H15ClN6.C17H18Cl2N6O.C17H18Cl2N6.C12H8Cl2N4/c1-12-4-6-14(7-5-12)25-17-15(11-22-25)16(23-18(19)24-17)21-10-13-3-2-8-20-9-13;18-12-1-3-13(4-2-12)25-16-14(11-21-25)15(22-17(19)23-16)20-5-6-24-7-9-26-10-8-24;18-12-3-5-13(6-4-12)25-16-14(11-21-25)15(22-17(19)23-16)20-7-10-24-8-1-2-9-24;1-7-2-4-8(5-3-7)18-11-9(6-15-18)10(13)16-12(14)17-11/h2-9,11H,10H2,1H3,(H,21,23,24);1-4,11H,5-10H2,(H,20,22,23);3-6,11H,1-2,7-10H2,(H,20,22,23);2-6H,1H3. The molecule has 3 N–H and O–H groups in total. The third-order valence-electron chi connectivity index (χ3n) is 15.2. The number of likely N-dealkylation sites (tertiary alicyclic amines) is 1. The molecule has 13 aromatic rings. The van der Waals surface area contributed by atoms with Gasteiger partial charge in [-0.2, -0.15) is 55.3 Å². The number of rotatable bonds is 15. The number of nitrogens with zero attached hydrogens (tertiary/aromatic N) is 19. The molecule has 94 heavy (non-hydrogen) atoms. The van der Waals surface area contributed by atoms with E-state index in [-0.39, 0.29) is 21.1 Å². The predicted molar refractivity (Wildman–Crippen MR) is 373 cm³/mol. The Bertz CT molecular complexity index is 4680. The van der Waals surface area contributed by atoms with Gasteiger partial charge in [0.25, 0.3) is 0 Å². The van der Waals surface area contributed by atoms with Crippen molar-refractivity contribution in [3.63, 3.8) is 0 Å². The number of pyridine rings is 1. The molecule has 480 valence electrons. The highest BCUT2D eigenvalue weighted by Gasteiger charge is 2.19. The van der Waals surface area contributed by atoms with E-state index in [0.29, 0.717) is 61.4 Å². The lowest BCUT2D eigenvalue weighted by molar-refractivity contribution is 0.0398. The lowest BCUT2D eigenvalue weighted by Gasteiger charge is -2.26. The van der Waals surface area contributed by atoms with Gasteiger partial charge < -0.3 is 25.6 Å². The molecule has 0 unspecified atom stereocenters. The lowest BCUT2D eigenvalue weighted by Crippen LogP contribution is -2.39. The van der Waals surface area contributed by atoms with Crippen LogP contribution in [0.3, 0.4) is 0 Å². The van der Waals surface area contributed by atoms with Crippen LogP contribution in [0.4, 0.5) is 17.5 Å². The molecule has 0 radical (unpaired) electrons. The van der Waals surface area contributed by atoms with Crippen molar-refractivity contribution in [2.45, 2.75) is 33.2 Å². The Balaban J connectivity index is 0.000000121. The fourth-order valence-corrected chi connectivity index (χ4v) is 11.5. The summed E-state index contributed by atoms with van der Waals surface area (Å²) in [5.74, 6) is 2.06. The maximum Gasteiger partial charge on any atom is 0.226 e. The normalized spacial score (nSPS) is 13.3. The van der Waals surface area contributed by atoms with E-state index in [9.17, 15) is 0 Å². The number of ether oxygens (including phenoxy) is 1. The van der Waals surface area contributed by atoms with E-state index in [1.165, 1.54) is 37.1 Å². The molecule has 23 nitrogen and oxygen atoms in total. The number of anilines is 3. The summed E-state index contributed by atoms with van der Waals surface area (Å²) in [6.07, 6.45) is 13.0. The van der Waals surface area contributed by atoms with Gasteiger partial charge in [-0.05, 0) is 171 Å². The Labute approximate surface area is 574 Å². The van der Waals surface area contributed by atoms with Crippen molar-refractivity contribution in [1.82, 2.24) is 93.8 Å². The highest BCUT2D eigenvalue weighted by Crippen LogP contribution is 2.30. The number of benzene rings is 4. The zero-order valence-electron chi connectivity index (χ0n) is 50.6. The lowest BCUT2D eigenvalue weighted by atomic mass is 10.2. The highest BCUT2D eigenvalue weighted by atomic mass is 35.5. The van der Waals surface area contributed by atoms with Gasteiger partial charge in [0.05, 0.1) is 82.3 Å². The molecule has 0 amide bonds. The third-order valence-corrected chi connectivity index (χ3v) is 16.7. The maximum absolute atomic E-state index is 6.14. The molecule has 9 aromatic heterocycles. The first-order chi connectivity index (χ1) is 45.8. The Hall–Kier alpha value is -8.46. The summed E-state index contributed by atoms with van der Waals surface area (Å²) in [5, 5.41) is 33.1. The minimum Gasteiger partial charge on any atom is -0.379 e. The van der Waals surface area contributed by atoms with Crippen molar-refractivity contribution >= 4 is 143 Å². The van der Waals surface area contributed by atoms with Gasteiger partial charge >= 0.3 is 0 Å². The first kappa shape index (κ1) is 65.6. The molecule has 30 heteroatoms. The average molecular weight is 1400 g/mol.